The van der Waals surface area contributed by atoms with E-state index in [-0.39, 0.29) is 12.2 Å². The highest BCUT2D eigenvalue weighted by Gasteiger charge is 2.12. The fraction of sp³-hybridized carbons (Fsp3) is 0.0588. The van der Waals surface area contributed by atoms with Gasteiger partial charge in [0.25, 0.3) is 0 Å². The molecule has 7 heteroatoms. The van der Waals surface area contributed by atoms with E-state index in [1.54, 1.807) is 36.4 Å². The van der Waals surface area contributed by atoms with Crippen molar-refractivity contribution in [3.05, 3.63) is 59.7 Å². The second kappa shape index (κ2) is 8.10. The fourth-order valence-corrected chi connectivity index (χ4v) is 1.76. The van der Waals surface area contributed by atoms with Crippen molar-refractivity contribution in [2.45, 2.75) is 6.42 Å². The number of hydrogen-bond donors (Lipinski definition) is 3. The minimum Gasteiger partial charge on any atom is -0.508 e. The minimum absolute atomic E-state index is 0.122. The minimum atomic E-state index is -0.911. The Balaban J connectivity index is 1.86. The molecule has 2 aromatic carbocycles. The number of benzene rings is 2. The maximum absolute atomic E-state index is 11.7. The maximum Gasteiger partial charge on any atom is 0.329 e. The van der Waals surface area contributed by atoms with Crippen molar-refractivity contribution in [3.63, 3.8) is 0 Å². The molecule has 2 amide bonds. The zero-order valence-electron chi connectivity index (χ0n) is 12.6. The highest BCUT2D eigenvalue weighted by Crippen LogP contribution is 2.10. The molecule has 0 spiro atoms. The second-order valence-corrected chi connectivity index (χ2v) is 4.78. The zero-order valence-corrected chi connectivity index (χ0v) is 12.6. The first-order chi connectivity index (χ1) is 11.6. The molecule has 0 unspecified atom stereocenters. The molecule has 0 fully saturated rings. The van der Waals surface area contributed by atoms with E-state index in [4.69, 9.17) is 10.4 Å². The topological polar surface area (TPSA) is 115 Å². The lowest BCUT2D eigenvalue weighted by Crippen LogP contribution is -2.32. The fourth-order valence-electron chi connectivity index (χ4n) is 1.76. The van der Waals surface area contributed by atoms with E-state index in [0.717, 1.165) is 5.56 Å². The molecular weight excluding hydrogens is 308 g/mol. The lowest BCUT2D eigenvalue weighted by atomic mass is 10.1. The number of rotatable bonds is 4. The largest absolute Gasteiger partial charge is 0.508 e. The summed E-state index contributed by atoms with van der Waals surface area (Å²) in [5.41, 5.74) is 4.03. The maximum atomic E-state index is 11.7. The average Bonchev–Trinajstić information content (AvgIpc) is 2.58. The molecule has 0 aliphatic rings. The molecule has 0 aliphatic carbocycles. The monoisotopic (exact) mass is 322 g/mol. The summed E-state index contributed by atoms with van der Waals surface area (Å²) >= 11 is 0. The lowest BCUT2D eigenvalue weighted by Gasteiger charge is -2.04. The van der Waals surface area contributed by atoms with Gasteiger partial charge in [-0.25, -0.2) is 5.43 Å². The quantitative estimate of drug-likeness (QED) is 0.450. The van der Waals surface area contributed by atoms with Gasteiger partial charge in [0.2, 0.25) is 0 Å². The smallest absolute Gasteiger partial charge is 0.329 e. The van der Waals surface area contributed by atoms with Gasteiger partial charge < -0.3 is 10.4 Å². The number of hydrogen-bond acceptors (Lipinski definition) is 5. The van der Waals surface area contributed by atoms with E-state index in [9.17, 15) is 9.59 Å². The van der Waals surface area contributed by atoms with Crippen LogP contribution >= 0.6 is 0 Å². The van der Waals surface area contributed by atoms with Gasteiger partial charge in [-0.05, 0) is 47.5 Å². The van der Waals surface area contributed by atoms with Crippen molar-refractivity contribution in [2.75, 3.05) is 5.32 Å². The van der Waals surface area contributed by atoms with Crippen molar-refractivity contribution >= 4 is 23.7 Å². The van der Waals surface area contributed by atoms with Crippen LogP contribution in [0.15, 0.2) is 53.6 Å². The van der Waals surface area contributed by atoms with Crippen LogP contribution < -0.4 is 10.7 Å². The molecule has 0 saturated carbocycles. The second-order valence-electron chi connectivity index (χ2n) is 4.78. The Morgan fingerprint density at radius 3 is 2.38 bits per heavy atom. The van der Waals surface area contributed by atoms with Crippen molar-refractivity contribution in [1.29, 1.82) is 5.26 Å². The Kier molecular flexibility index (Phi) is 5.64. The van der Waals surface area contributed by atoms with E-state index in [0.29, 0.717) is 11.3 Å². The van der Waals surface area contributed by atoms with E-state index in [1.807, 2.05) is 6.07 Å². The Labute approximate surface area is 138 Å². The first kappa shape index (κ1) is 16.7. The van der Waals surface area contributed by atoms with Crippen LogP contribution in [0.1, 0.15) is 11.1 Å². The average molecular weight is 322 g/mol. The molecule has 0 bridgehead atoms. The third kappa shape index (κ3) is 4.96. The van der Waals surface area contributed by atoms with Crippen LogP contribution in [0.2, 0.25) is 0 Å². The number of phenolic OH excluding ortho intramolecular Hbond substituents is 1. The van der Waals surface area contributed by atoms with Crippen LogP contribution in [0, 0.1) is 11.3 Å². The van der Waals surface area contributed by atoms with Gasteiger partial charge in [0.1, 0.15) is 5.75 Å². The van der Waals surface area contributed by atoms with E-state index < -0.39 is 11.8 Å². The summed E-state index contributed by atoms with van der Waals surface area (Å²) in [5, 5.41) is 23.8. The first-order valence-electron chi connectivity index (χ1n) is 6.98. The molecule has 7 nitrogen and oxygen atoms in total. The van der Waals surface area contributed by atoms with Gasteiger partial charge in [0.15, 0.2) is 0 Å². The number of phenols is 1. The Hall–Kier alpha value is -3.66. The normalized spacial score (nSPS) is 10.1. The molecule has 0 aromatic heterocycles. The number of aromatic hydroxyl groups is 1. The van der Waals surface area contributed by atoms with Crippen molar-refractivity contribution in [1.82, 2.24) is 5.43 Å². The molecule has 2 aromatic rings. The number of hydrazone groups is 1. The number of nitrogens with zero attached hydrogens (tertiary/aromatic N) is 2. The van der Waals surface area contributed by atoms with Crippen molar-refractivity contribution < 1.29 is 14.7 Å². The van der Waals surface area contributed by atoms with E-state index in [2.05, 4.69) is 15.8 Å². The van der Waals surface area contributed by atoms with Crippen LogP contribution in [0.3, 0.4) is 0 Å². The molecule has 120 valence electrons. The summed E-state index contributed by atoms with van der Waals surface area (Å²) in [6, 6.07) is 14.8. The molecule has 3 N–H and O–H groups in total. The van der Waals surface area contributed by atoms with Crippen LogP contribution in [0.25, 0.3) is 0 Å². The van der Waals surface area contributed by atoms with E-state index in [1.165, 1.54) is 18.3 Å². The molecule has 0 atom stereocenters. The van der Waals surface area contributed by atoms with Crippen LogP contribution in [-0.2, 0) is 16.0 Å². The summed E-state index contributed by atoms with van der Waals surface area (Å²) < 4.78 is 0. The molecular formula is C17H14N4O3. The van der Waals surface area contributed by atoms with Gasteiger partial charge in [-0.2, -0.15) is 10.4 Å². The third-order valence-electron chi connectivity index (χ3n) is 2.97. The summed E-state index contributed by atoms with van der Waals surface area (Å²) in [5.74, 6) is -1.65. The van der Waals surface area contributed by atoms with Gasteiger partial charge >= 0.3 is 11.8 Å². The van der Waals surface area contributed by atoms with Crippen molar-refractivity contribution in [2.24, 2.45) is 5.10 Å². The van der Waals surface area contributed by atoms with Crippen molar-refractivity contribution in [3.8, 4) is 11.8 Å². The first-order valence-corrected chi connectivity index (χ1v) is 6.98. The summed E-state index contributed by atoms with van der Waals surface area (Å²) in [4.78, 5) is 23.4. The van der Waals surface area contributed by atoms with Gasteiger partial charge in [-0.3, -0.25) is 9.59 Å². The van der Waals surface area contributed by atoms with Crippen LogP contribution in [0.4, 0.5) is 5.69 Å². The van der Waals surface area contributed by atoms with Gasteiger partial charge in [-0.1, -0.05) is 12.1 Å². The Morgan fingerprint density at radius 2 is 1.75 bits per heavy atom. The summed E-state index contributed by atoms with van der Waals surface area (Å²) in [6.45, 7) is 0. The van der Waals surface area contributed by atoms with Crippen LogP contribution in [-0.4, -0.2) is 23.1 Å². The molecule has 0 heterocycles. The number of carbonyl (C=O) groups excluding carboxylic acids is 2. The molecule has 2 rings (SSSR count). The Bertz CT molecular complexity index is 790. The number of nitriles is 1. The van der Waals surface area contributed by atoms with Gasteiger partial charge in [0.05, 0.1) is 18.7 Å². The number of nitrogens with one attached hydrogen (secondary N) is 2. The van der Waals surface area contributed by atoms with Gasteiger partial charge in [0, 0.05) is 5.69 Å². The molecule has 0 radical (unpaired) electrons. The summed E-state index contributed by atoms with van der Waals surface area (Å²) in [6.07, 6.45) is 1.63. The standard InChI is InChI=1S/C17H14N4O3/c18-10-9-12-1-5-14(6-2-12)20-16(23)17(24)21-19-11-13-3-7-15(22)8-4-13/h1-8,11,22H,9H2,(H,20,23)(H,21,24)/b19-11+. The predicted octanol–water partition coefficient (Wildman–Crippen LogP) is 1.55. The third-order valence-corrected chi connectivity index (χ3v) is 2.97. The highest BCUT2D eigenvalue weighted by molar-refractivity contribution is 6.39. The number of carbonyl (C=O) groups is 2. The van der Waals surface area contributed by atoms with E-state index >= 15 is 0 Å². The highest BCUT2D eigenvalue weighted by atomic mass is 16.3. The number of anilines is 1. The summed E-state index contributed by atoms with van der Waals surface area (Å²) in [7, 11) is 0. The predicted molar refractivity (Wildman–Crippen MR) is 88.2 cm³/mol. The SMILES string of the molecule is N#CCc1ccc(NC(=O)C(=O)N/N=C/c2ccc(O)cc2)cc1. The Morgan fingerprint density at radius 1 is 1.08 bits per heavy atom. The van der Waals surface area contributed by atoms with Crippen LogP contribution in [0.5, 0.6) is 5.75 Å². The number of amides is 2. The zero-order chi connectivity index (χ0) is 17.4. The molecule has 24 heavy (non-hydrogen) atoms. The molecule has 0 saturated heterocycles. The lowest BCUT2D eigenvalue weighted by molar-refractivity contribution is -0.136. The van der Waals surface area contributed by atoms with Gasteiger partial charge in [-0.15, -0.1) is 0 Å². The molecule has 0 aliphatic heterocycles.